The fourth-order valence-electron chi connectivity index (χ4n) is 1.41. The number of ketones is 1. The molecule has 0 aromatic carbocycles. The molecule has 0 spiro atoms. The molecular formula is C12H23ClNO3+. The molecule has 5 heteroatoms. The van der Waals surface area contributed by atoms with Gasteiger partial charge in [-0.3, -0.25) is 9.59 Å². The summed E-state index contributed by atoms with van der Waals surface area (Å²) in [5.74, 6) is -2.25. The van der Waals surface area contributed by atoms with Crippen LogP contribution < -0.4 is 0 Å². The van der Waals surface area contributed by atoms with E-state index in [1.54, 1.807) is 0 Å². The first-order valence-electron chi connectivity index (χ1n) is 5.90. The number of Topliss-reactive ketones (excluding diaryl/α,β-unsaturated/α-hetero) is 1. The second kappa shape index (κ2) is 6.97. The molecule has 0 saturated heterocycles. The molecule has 0 aliphatic carbocycles. The van der Waals surface area contributed by atoms with E-state index in [0.717, 1.165) is 12.8 Å². The summed E-state index contributed by atoms with van der Waals surface area (Å²) >= 11 is 6.13. The number of carboxylic acid groups (broad SMARTS) is 1. The summed E-state index contributed by atoms with van der Waals surface area (Å²) in [6.45, 7) is 1.97. The van der Waals surface area contributed by atoms with Crippen LogP contribution in [0.1, 0.15) is 32.6 Å². The van der Waals surface area contributed by atoms with Gasteiger partial charge in [0.1, 0.15) is 11.7 Å². The van der Waals surface area contributed by atoms with Gasteiger partial charge in [-0.2, -0.15) is 0 Å². The Bertz CT molecular complexity index is 273. The molecule has 0 heterocycles. The van der Waals surface area contributed by atoms with E-state index in [4.69, 9.17) is 16.7 Å². The maximum atomic E-state index is 11.8. The molecule has 2 atom stereocenters. The summed E-state index contributed by atoms with van der Waals surface area (Å²) in [6.07, 6.45) is 2.13. The van der Waals surface area contributed by atoms with Gasteiger partial charge >= 0.3 is 5.97 Å². The van der Waals surface area contributed by atoms with E-state index in [2.05, 4.69) is 0 Å². The number of carboxylic acids is 1. The first-order valence-corrected chi connectivity index (χ1v) is 6.34. The number of unbranched alkanes of at least 4 members (excludes halogenated alkanes) is 1. The highest BCUT2D eigenvalue weighted by atomic mass is 35.5. The lowest BCUT2D eigenvalue weighted by atomic mass is 9.96. The van der Waals surface area contributed by atoms with Crippen LogP contribution in [0, 0.1) is 5.92 Å². The first-order chi connectivity index (χ1) is 7.70. The second-order valence-electron chi connectivity index (χ2n) is 5.25. The van der Waals surface area contributed by atoms with Crippen LogP contribution in [0.2, 0.25) is 0 Å². The summed E-state index contributed by atoms with van der Waals surface area (Å²) in [6, 6.07) is 0. The number of aliphatic carboxylic acids is 1. The van der Waals surface area contributed by atoms with Gasteiger partial charge in [-0.15, -0.1) is 0 Å². The van der Waals surface area contributed by atoms with Crippen molar-refractivity contribution in [2.75, 3.05) is 21.1 Å². The van der Waals surface area contributed by atoms with Crippen LogP contribution in [0.4, 0.5) is 0 Å². The molecule has 100 valence electrons. The molecule has 0 unspecified atom stereocenters. The van der Waals surface area contributed by atoms with Crippen molar-refractivity contribution in [2.24, 2.45) is 5.92 Å². The Morgan fingerprint density at radius 2 is 1.82 bits per heavy atom. The third-order valence-corrected chi connectivity index (χ3v) is 3.50. The molecular weight excluding hydrogens is 242 g/mol. The van der Waals surface area contributed by atoms with Crippen LogP contribution in [0.5, 0.6) is 0 Å². The Morgan fingerprint density at radius 3 is 2.18 bits per heavy atom. The van der Waals surface area contributed by atoms with Gasteiger partial charge in [-0.1, -0.05) is 24.9 Å². The Hall–Kier alpha value is -0.610. The molecule has 0 radical (unpaired) electrons. The van der Waals surface area contributed by atoms with E-state index < -0.39 is 11.9 Å². The first kappa shape index (κ1) is 16.4. The second-order valence-corrected chi connectivity index (χ2v) is 5.75. The highest BCUT2D eigenvalue weighted by molar-refractivity contribution is 6.20. The van der Waals surface area contributed by atoms with Crippen molar-refractivity contribution in [1.82, 2.24) is 0 Å². The minimum atomic E-state index is -1.06. The lowest BCUT2D eigenvalue weighted by Crippen LogP contribution is -2.44. The number of quaternary nitrogens is 1. The fraction of sp³-hybridized carbons (Fsp3) is 0.833. The SMILES string of the molecule is CCCCC(=O)[C@H](C[C@H](Cl)[N+](C)(C)C)C(=O)O. The van der Waals surface area contributed by atoms with Crippen LogP contribution in [-0.2, 0) is 9.59 Å². The summed E-state index contributed by atoms with van der Waals surface area (Å²) in [5.41, 5.74) is -0.373. The van der Waals surface area contributed by atoms with E-state index in [9.17, 15) is 9.59 Å². The molecule has 0 amide bonds. The van der Waals surface area contributed by atoms with Gasteiger partial charge in [0, 0.05) is 12.8 Å². The van der Waals surface area contributed by atoms with Crippen molar-refractivity contribution in [1.29, 1.82) is 0 Å². The van der Waals surface area contributed by atoms with Crippen LogP contribution in [0.3, 0.4) is 0 Å². The lowest BCUT2D eigenvalue weighted by molar-refractivity contribution is -0.883. The number of nitrogens with zero attached hydrogens (tertiary/aromatic N) is 1. The quantitative estimate of drug-likeness (QED) is 0.316. The third-order valence-electron chi connectivity index (χ3n) is 2.73. The lowest BCUT2D eigenvalue weighted by Gasteiger charge is -2.30. The molecule has 17 heavy (non-hydrogen) atoms. The maximum Gasteiger partial charge on any atom is 0.314 e. The van der Waals surface area contributed by atoms with Gasteiger partial charge in [0.25, 0.3) is 0 Å². The molecule has 0 aromatic heterocycles. The van der Waals surface area contributed by atoms with Gasteiger partial charge in [-0.05, 0) is 6.42 Å². The average molecular weight is 265 g/mol. The minimum absolute atomic E-state index is 0.183. The zero-order valence-corrected chi connectivity index (χ0v) is 11.8. The number of hydrogen-bond donors (Lipinski definition) is 1. The summed E-state index contributed by atoms with van der Waals surface area (Å²) in [4.78, 5) is 22.8. The van der Waals surface area contributed by atoms with E-state index in [1.807, 2.05) is 28.1 Å². The van der Waals surface area contributed by atoms with Gasteiger partial charge in [0.15, 0.2) is 5.50 Å². The van der Waals surface area contributed by atoms with Crippen LogP contribution in [0.25, 0.3) is 0 Å². The molecule has 1 N–H and O–H groups in total. The molecule has 0 fully saturated rings. The van der Waals surface area contributed by atoms with Crippen molar-refractivity contribution in [3.05, 3.63) is 0 Å². The van der Waals surface area contributed by atoms with Gasteiger partial charge in [-0.25, -0.2) is 0 Å². The molecule has 0 aliphatic heterocycles. The summed E-state index contributed by atoms with van der Waals surface area (Å²) in [7, 11) is 5.65. The minimum Gasteiger partial charge on any atom is -0.481 e. The third kappa shape index (κ3) is 6.03. The standard InChI is InChI=1S/C12H22ClNO3/c1-5-6-7-10(15)9(12(16)17)8-11(13)14(2,3)4/h9,11H,5-8H2,1-4H3/p+1/t9-,11+/m0/s1. The maximum absolute atomic E-state index is 11.8. The van der Waals surface area contributed by atoms with E-state index in [-0.39, 0.29) is 17.7 Å². The van der Waals surface area contributed by atoms with Crippen molar-refractivity contribution in [2.45, 2.75) is 38.1 Å². The number of carbonyl (C=O) groups excluding carboxylic acids is 1. The topological polar surface area (TPSA) is 54.4 Å². The average Bonchev–Trinajstić information content (AvgIpc) is 2.20. The largest absolute Gasteiger partial charge is 0.481 e. The van der Waals surface area contributed by atoms with Crippen LogP contribution in [0.15, 0.2) is 0 Å². The van der Waals surface area contributed by atoms with Crippen molar-refractivity contribution < 1.29 is 19.2 Å². The summed E-state index contributed by atoms with van der Waals surface area (Å²) < 4.78 is 0.437. The zero-order chi connectivity index (χ0) is 13.6. The van der Waals surface area contributed by atoms with Crippen LogP contribution >= 0.6 is 11.6 Å². The highest BCUT2D eigenvalue weighted by Gasteiger charge is 2.33. The smallest absolute Gasteiger partial charge is 0.314 e. The van der Waals surface area contributed by atoms with Gasteiger partial charge in [0.05, 0.1) is 21.1 Å². The Kier molecular flexibility index (Phi) is 6.72. The van der Waals surface area contributed by atoms with Crippen molar-refractivity contribution in [3.8, 4) is 0 Å². The molecule has 0 saturated carbocycles. The molecule has 4 nitrogen and oxygen atoms in total. The van der Waals surface area contributed by atoms with Gasteiger partial charge in [0.2, 0.25) is 0 Å². The molecule has 0 bridgehead atoms. The number of carbonyl (C=O) groups is 2. The van der Waals surface area contributed by atoms with Crippen molar-refractivity contribution >= 4 is 23.4 Å². The zero-order valence-electron chi connectivity index (χ0n) is 11.1. The predicted molar refractivity (Wildman–Crippen MR) is 67.9 cm³/mol. The van der Waals surface area contributed by atoms with Crippen molar-refractivity contribution in [3.63, 3.8) is 0 Å². The van der Waals surface area contributed by atoms with Crippen LogP contribution in [-0.4, -0.2) is 48.0 Å². The summed E-state index contributed by atoms with van der Waals surface area (Å²) in [5, 5.41) is 9.07. The normalized spacial score (nSPS) is 15.4. The van der Waals surface area contributed by atoms with E-state index in [1.165, 1.54) is 0 Å². The molecule has 0 aromatic rings. The predicted octanol–water partition coefficient (Wildman–Crippen LogP) is 2.11. The Balaban J connectivity index is 4.55. The number of hydrogen-bond acceptors (Lipinski definition) is 2. The number of alkyl halides is 1. The fourth-order valence-corrected chi connectivity index (χ4v) is 1.58. The Morgan fingerprint density at radius 1 is 1.29 bits per heavy atom. The number of rotatable bonds is 8. The monoisotopic (exact) mass is 264 g/mol. The number of halogens is 1. The van der Waals surface area contributed by atoms with E-state index >= 15 is 0 Å². The molecule has 0 aliphatic rings. The Labute approximate surface area is 108 Å². The van der Waals surface area contributed by atoms with E-state index in [0.29, 0.717) is 10.9 Å². The highest BCUT2D eigenvalue weighted by Crippen LogP contribution is 2.20. The van der Waals surface area contributed by atoms with Gasteiger partial charge < -0.3 is 9.59 Å². The molecule has 0 rings (SSSR count).